The number of nitrogens with zero attached hydrogens (tertiary/aromatic N) is 3. The van der Waals surface area contributed by atoms with Crippen molar-refractivity contribution in [1.82, 2.24) is 20.1 Å². The van der Waals surface area contributed by atoms with Gasteiger partial charge in [0.15, 0.2) is 0 Å². The van der Waals surface area contributed by atoms with Crippen LogP contribution in [0.3, 0.4) is 0 Å². The standard InChI is InChI=1S/C17H28N4O3/c1-13(2)15(16(22)20(3)4)19-17(23)21(10-11-24-5)12-14-8-6-7-9-18-14/h6-9,13,15H,10-12H2,1-5H3,(H,19,23). The van der Waals surface area contributed by atoms with Crippen LogP contribution in [0.4, 0.5) is 4.79 Å². The molecule has 0 bridgehead atoms. The molecule has 0 aliphatic carbocycles. The van der Waals surface area contributed by atoms with Gasteiger partial charge in [0.25, 0.3) is 0 Å². The first-order valence-electron chi connectivity index (χ1n) is 8.02. The molecule has 1 aromatic heterocycles. The number of ether oxygens (including phenoxy) is 1. The van der Waals surface area contributed by atoms with Gasteiger partial charge in [-0.1, -0.05) is 19.9 Å². The van der Waals surface area contributed by atoms with Crippen molar-refractivity contribution in [1.29, 1.82) is 0 Å². The Morgan fingerprint density at radius 1 is 1.29 bits per heavy atom. The molecule has 134 valence electrons. The Morgan fingerprint density at radius 3 is 2.50 bits per heavy atom. The first kappa shape index (κ1) is 19.9. The molecule has 0 fully saturated rings. The summed E-state index contributed by atoms with van der Waals surface area (Å²) in [6.45, 7) is 5.00. The van der Waals surface area contributed by atoms with Crippen molar-refractivity contribution < 1.29 is 14.3 Å². The molecule has 3 amide bonds. The van der Waals surface area contributed by atoms with Crippen LogP contribution in [0.1, 0.15) is 19.5 Å². The van der Waals surface area contributed by atoms with Crippen LogP contribution < -0.4 is 5.32 Å². The van der Waals surface area contributed by atoms with E-state index in [9.17, 15) is 9.59 Å². The van der Waals surface area contributed by atoms with Gasteiger partial charge in [-0.3, -0.25) is 9.78 Å². The molecule has 0 aromatic carbocycles. The number of carbonyl (C=O) groups excluding carboxylic acids is 2. The molecular weight excluding hydrogens is 308 g/mol. The lowest BCUT2D eigenvalue weighted by atomic mass is 10.0. The summed E-state index contributed by atoms with van der Waals surface area (Å²) < 4.78 is 5.08. The monoisotopic (exact) mass is 336 g/mol. The van der Waals surface area contributed by atoms with E-state index in [1.54, 1.807) is 32.3 Å². The average Bonchev–Trinajstić information content (AvgIpc) is 2.56. The summed E-state index contributed by atoms with van der Waals surface area (Å²) in [5.41, 5.74) is 0.781. The van der Waals surface area contributed by atoms with Crippen LogP contribution in [0.15, 0.2) is 24.4 Å². The summed E-state index contributed by atoms with van der Waals surface area (Å²) >= 11 is 0. The van der Waals surface area contributed by atoms with Gasteiger partial charge in [0, 0.05) is 33.9 Å². The van der Waals surface area contributed by atoms with Gasteiger partial charge in [-0.25, -0.2) is 4.79 Å². The molecule has 0 saturated heterocycles. The van der Waals surface area contributed by atoms with Gasteiger partial charge in [0.2, 0.25) is 5.91 Å². The molecule has 1 unspecified atom stereocenters. The van der Waals surface area contributed by atoms with E-state index in [0.29, 0.717) is 19.7 Å². The molecule has 1 atom stereocenters. The van der Waals surface area contributed by atoms with Gasteiger partial charge in [0.1, 0.15) is 6.04 Å². The second-order valence-electron chi connectivity index (χ2n) is 6.14. The highest BCUT2D eigenvalue weighted by atomic mass is 16.5. The summed E-state index contributed by atoms with van der Waals surface area (Å²) in [5, 5.41) is 2.84. The van der Waals surface area contributed by atoms with E-state index in [0.717, 1.165) is 5.69 Å². The van der Waals surface area contributed by atoms with Crippen molar-refractivity contribution in [2.45, 2.75) is 26.4 Å². The Bertz CT molecular complexity index is 520. The number of rotatable bonds is 8. The minimum absolute atomic E-state index is 0.0111. The number of likely N-dealkylation sites (N-methyl/N-ethyl adjacent to an activating group) is 1. The number of urea groups is 1. The third-order valence-electron chi connectivity index (χ3n) is 3.58. The fraction of sp³-hybridized carbons (Fsp3) is 0.588. The van der Waals surface area contributed by atoms with Crippen molar-refractivity contribution in [2.24, 2.45) is 5.92 Å². The third kappa shape index (κ3) is 6.16. The minimum atomic E-state index is -0.568. The first-order chi connectivity index (χ1) is 11.4. The molecule has 0 spiro atoms. The molecule has 1 N–H and O–H groups in total. The number of carbonyl (C=O) groups is 2. The summed E-state index contributed by atoms with van der Waals surface area (Å²) in [7, 11) is 4.95. The predicted molar refractivity (Wildman–Crippen MR) is 92.4 cm³/mol. The maximum atomic E-state index is 12.7. The normalized spacial score (nSPS) is 11.9. The van der Waals surface area contributed by atoms with E-state index in [4.69, 9.17) is 4.74 Å². The Morgan fingerprint density at radius 2 is 2.00 bits per heavy atom. The summed E-state index contributed by atoms with van der Waals surface area (Å²) in [6, 6.07) is 4.69. The number of hydrogen-bond donors (Lipinski definition) is 1. The lowest BCUT2D eigenvalue weighted by molar-refractivity contribution is -0.131. The van der Waals surface area contributed by atoms with Crippen LogP contribution in [0.25, 0.3) is 0 Å². The van der Waals surface area contributed by atoms with Gasteiger partial charge in [0.05, 0.1) is 18.8 Å². The number of hydrogen-bond acceptors (Lipinski definition) is 4. The maximum absolute atomic E-state index is 12.7. The largest absolute Gasteiger partial charge is 0.383 e. The second-order valence-corrected chi connectivity index (χ2v) is 6.14. The zero-order valence-electron chi connectivity index (χ0n) is 15.2. The van der Waals surface area contributed by atoms with E-state index in [1.165, 1.54) is 4.90 Å². The van der Waals surface area contributed by atoms with Crippen molar-refractivity contribution in [3.63, 3.8) is 0 Å². The third-order valence-corrected chi connectivity index (χ3v) is 3.58. The smallest absolute Gasteiger partial charge is 0.318 e. The number of amides is 3. The SMILES string of the molecule is COCCN(Cc1ccccn1)C(=O)NC(C(=O)N(C)C)C(C)C. The predicted octanol–water partition coefficient (Wildman–Crippen LogP) is 1.35. The molecule has 0 aliphatic rings. The van der Waals surface area contributed by atoms with Crippen LogP contribution in [0.5, 0.6) is 0 Å². The first-order valence-corrected chi connectivity index (χ1v) is 8.02. The highest BCUT2D eigenvalue weighted by Gasteiger charge is 2.27. The zero-order valence-corrected chi connectivity index (χ0v) is 15.2. The fourth-order valence-corrected chi connectivity index (χ4v) is 2.16. The molecule has 1 aromatic rings. The Balaban J connectivity index is 2.83. The van der Waals surface area contributed by atoms with Crippen LogP contribution in [-0.2, 0) is 16.1 Å². The van der Waals surface area contributed by atoms with Crippen LogP contribution in [-0.4, -0.2) is 67.1 Å². The Kier molecular flexibility index (Phi) is 8.18. The quantitative estimate of drug-likeness (QED) is 0.778. The highest BCUT2D eigenvalue weighted by Crippen LogP contribution is 2.07. The Hall–Kier alpha value is -2.15. The van der Waals surface area contributed by atoms with Crippen LogP contribution in [0.2, 0.25) is 0 Å². The van der Waals surface area contributed by atoms with Crippen LogP contribution in [0, 0.1) is 5.92 Å². The summed E-state index contributed by atoms with van der Waals surface area (Å²) in [4.78, 5) is 32.3. The molecule has 0 aliphatic heterocycles. The topological polar surface area (TPSA) is 74.8 Å². The Labute approximate surface area is 144 Å². The van der Waals surface area contributed by atoms with E-state index >= 15 is 0 Å². The number of pyridine rings is 1. The van der Waals surface area contributed by atoms with Crippen LogP contribution >= 0.6 is 0 Å². The number of nitrogens with one attached hydrogen (secondary N) is 1. The maximum Gasteiger partial charge on any atom is 0.318 e. The average molecular weight is 336 g/mol. The molecule has 0 saturated carbocycles. The molecule has 7 heteroatoms. The lowest BCUT2D eigenvalue weighted by Gasteiger charge is -2.29. The fourth-order valence-electron chi connectivity index (χ4n) is 2.16. The number of aromatic nitrogens is 1. The van der Waals surface area contributed by atoms with Gasteiger partial charge < -0.3 is 19.9 Å². The molecular formula is C17H28N4O3. The van der Waals surface area contributed by atoms with E-state index in [1.807, 2.05) is 32.0 Å². The molecule has 1 heterocycles. The lowest BCUT2D eigenvalue weighted by Crippen LogP contribution is -2.53. The molecule has 0 radical (unpaired) electrons. The molecule has 1 rings (SSSR count). The number of methoxy groups -OCH3 is 1. The second kappa shape index (κ2) is 9.87. The van der Waals surface area contributed by atoms with E-state index in [2.05, 4.69) is 10.3 Å². The van der Waals surface area contributed by atoms with E-state index in [-0.39, 0.29) is 17.9 Å². The van der Waals surface area contributed by atoms with E-state index < -0.39 is 6.04 Å². The summed E-state index contributed by atoms with van der Waals surface area (Å²) in [6.07, 6.45) is 1.69. The van der Waals surface area contributed by atoms with Crippen molar-refractivity contribution in [3.05, 3.63) is 30.1 Å². The van der Waals surface area contributed by atoms with Gasteiger partial charge >= 0.3 is 6.03 Å². The van der Waals surface area contributed by atoms with Gasteiger partial charge in [-0.05, 0) is 18.1 Å². The van der Waals surface area contributed by atoms with Gasteiger partial charge in [-0.2, -0.15) is 0 Å². The van der Waals surface area contributed by atoms with Crippen molar-refractivity contribution in [2.75, 3.05) is 34.4 Å². The zero-order chi connectivity index (χ0) is 18.1. The van der Waals surface area contributed by atoms with Gasteiger partial charge in [-0.15, -0.1) is 0 Å². The molecule has 7 nitrogen and oxygen atoms in total. The molecule has 24 heavy (non-hydrogen) atoms. The minimum Gasteiger partial charge on any atom is -0.383 e. The van der Waals surface area contributed by atoms with Crippen molar-refractivity contribution in [3.8, 4) is 0 Å². The summed E-state index contributed by atoms with van der Waals surface area (Å²) in [5.74, 6) is -0.133. The van der Waals surface area contributed by atoms with Crippen molar-refractivity contribution >= 4 is 11.9 Å². The highest BCUT2D eigenvalue weighted by molar-refractivity contribution is 5.87.